The Hall–Kier alpha value is -2.25. The number of rotatable bonds is 2. The normalized spacial score (nSPS) is 22.8. The van der Waals surface area contributed by atoms with E-state index in [1.54, 1.807) is 30.0 Å². The third-order valence-electron chi connectivity index (χ3n) is 5.47. The number of benzene rings is 1. The van der Waals surface area contributed by atoms with Gasteiger partial charge in [0.1, 0.15) is 6.04 Å². The molecule has 3 aliphatic rings. The molecule has 0 aliphatic carbocycles. The first kappa shape index (κ1) is 17.2. The quantitative estimate of drug-likeness (QED) is 0.746. The van der Waals surface area contributed by atoms with Gasteiger partial charge in [-0.1, -0.05) is 11.6 Å². The van der Waals surface area contributed by atoms with Gasteiger partial charge in [-0.2, -0.15) is 0 Å². The van der Waals surface area contributed by atoms with Gasteiger partial charge in [0.05, 0.1) is 24.3 Å². The van der Waals surface area contributed by atoms with Gasteiger partial charge in [0, 0.05) is 25.9 Å². The summed E-state index contributed by atoms with van der Waals surface area (Å²) >= 11 is 0. The molecule has 138 valence electrons. The molecule has 2 saturated heterocycles. The highest BCUT2D eigenvalue weighted by Gasteiger charge is 2.45. The molecule has 1 aromatic carbocycles. The van der Waals surface area contributed by atoms with Crippen LogP contribution in [-0.2, 0) is 14.3 Å². The van der Waals surface area contributed by atoms with E-state index in [1.165, 1.54) is 0 Å². The lowest BCUT2D eigenvalue weighted by Crippen LogP contribution is -2.54. The van der Waals surface area contributed by atoms with Gasteiger partial charge in [-0.05, 0) is 26.0 Å². The summed E-state index contributed by atoms with van der Waals surface area (Å²) in [5, 5.41) is 0. The Morgan fingerprint density at radius 3 is 2.35 bits per heavy atom. The number of ether oxygens (including phenoxy) is 2. The third kappa shape index (κ3) is 2.62. The Morgan fingerprint density at radius 2 is 1.69 bits per heavy atom. The molecule has 1 spiro atoms. The van der Waals surface area contributed by atoms with Crippen molar-refractivity contribution in [2.75, 3.05) is 26.3 Å². The molecule has 7 heteroatoms. The lowest BCUT2D eigenvalue weighted by Gasteiger charge is -2.39. The van der Waals surface area contributed by atoms with E-state index in [-0.39, 0.29) is 5.91 Å². The first-order valence-electron chi connectivity index (χ1n) is 8.97. The van der Waals surface area contributed by atoms with Crippen molar-refractivity contribution in [3.05, 3.63) is 34.9 Å². The summed E-state index contributed by atoms with van der Waals surface area (Å²) in [5.74, 6) is -1.58. The van der Waals surface area contributed by atoms with Gasteiger partial charge in [0.15, 0.2) is 5.79 Å². The summed E-state index contributed by atoms with van der Waals surface area (Å²) in [6.45, 7) is 5.63. The van der Waals surface area contributed by atoms with Crippen molar-refractivity contribution in [2.24, 2.45) is 0 Å². The average molecular weight is 358 g/mol. The molecular formula is C19H22N2O5. The van der Waals surface area contributed by atoms with Crippen LogP contribution in [0.4, 0.5) is 0 Å². The van der Waals surface area contributed by atoms with Crippen LogP contribution >= 0.6 is 0 Å². The zero-order chi connectivity index (χ0) is 18.5. The lowest BCUT2D eigenvalue weighted by atomic mass is 10.0. The molecule has 0 radical (unpaired) electrons. The molecule has 0 saturated carbocycles. The van der Waals surface area contributed by atoms with Crippen LogP contribution in [0.3, 0.4) is 0 Å². The molecule has 4 rings (SSSR count). The minimum Gasteiger partial charge on any atom is -0.347 e. The Labute approximate surface area is 151 Å². The maximum Gasteiger partial charge on any atom is 0.262 e. The van der Waals surface area contributed by atoms with Crippen molar-refractivity contribution in [1.29, 1.82) is 0 Å². The fourth-order valence-corrected chi connectivity index (χ4v) is 3.95. The lowest BCUT2D eigenvalue weighted by molar-refractivity contribution is -0.188. The maximum atomic E-state index is 12.9. The molecular weight excluding hydrogens is 336 g/mol. The van der Waals surface area contributed by atoms with Crippen molar-refractivity contribution in [1.82, 2.24) is 9.80 Å². The van der Waals surface area contributed by atoms with Crippen LogP contribution in [0, 0.1) is 6.92 Å². The van der Waals surface area contributed by atoms with Crippen LogP contribution in [0.2, 0.25) is 0 Å². The fourth-order valence-electron chi connectivity index (χ4n) is 3.95. The van der Waals surface area contributed by atoms with Gasteiger partial charge in [0.25, 0.3) is 11.8 Å². The number of carbonyl (C=O) groups excluding carboxylic acids is 3. The Morgan fingerprint density at radius 1 is 1.08 bits per heavy atom. The van der Waals surface area contributed by atoms with Crippen molar-refractivity contribution < 1.29 is 23.9 Å². The smallest absolute Gasteiger partial charge is 0.262 e. The summed E-state index contributed by atoms with van der Waals surface area (Å²) in [7, 11) is 0. The largest absolute Gasteiger partial charge is 0.347 e. The van der Waals surface area contributed by atoms with Crippen LogP contribution in [-0.4, -0.2) is 65.7 Å². The predicted octanol–water partition coefficient (Wildman–Crippen LogP) is 1.35. The SMILES string of the molecule is Cc1ccc2c(c1)C(=O)N([C@@H](C)C(=O)N1CCC3(CC1)OCCO3)C2=O. The number of fused-ring (bicyclic) bond motifs is 1. The standard InChI is InChI=1S/C19H22N2O5/c1-12-3-4-14-15(11-12)18(24)21(17(14)23)13(2)16(22)20-7-5-19(6-8-20)25-9-10-26-19/h3-4,11,13H,5-10H2,1-2H3/t13-/m0/s1. The van der Waals surface area contributed by atoms with E-state index >= 15 is 0 Å². The van der Waals surface area contributed by atoms with E-state index < -0.39 is 23.6 Å². The number of imide groups is 1. The Kier molecular flexibility index (Phi) is 4.08. The molecule has 7 nitrogen and oxygen atoms in total. The highest BCUT2D eigenvalue weighted by Crippen LogP contribution is 2.32. The topological polar surface area (TPSA) is 76.2 Å². The molecule has 3 aliphatic heterocycles. The Balaban J connectivity index is 1.48. The molecule has 3 amide bonds. The zero-order valence-electron chi connectivity index (χ0n) is 15.0. The average Bonchev–Trinajstić information content (AvgIpc) is 3.18. The van der Waals surface area contributed by atoms with E-state index in [1.807, 2.05) is 6.92 Å². The number of piperidine rings is 1. The number of hydrogen-bond acceptors (Lipinski definition) is 5. The van der Waals surface area contributed by atoms with E-state index in [9.17, 15) is 14.4 Å². The molecule has 26 heavy (non-hydrogen) atoms. The van der Waals surface area contributed by atoms with Crippen molar-refractivity contribution in [2.45, 2.75) is 38.5 Å². The number of hydrogen-bond donors (Lipinski definition) is 0. The van der Waals surface area contributed by atoms with Gasteiger partial charge in [-0.3, -0.25) is 19.3 Å². The van der Waals surface area contributed by atoms with Gasteiger partial charge in [-0.25, -0.2) is 0 Å². The highest BCUT2D eigenvalue weighted by molar-refractivity contribution is 6.22. The zero-order valence-corrected chi connectivity index (χ0v) is 15.0. The van der Waals surface area contributed by atoms with Crippen molar-refractivity contribution in [3.8, 4) is 0 Å². The number of likely N-dealkylation sites (tertiary alicyclic amines) is 1. The molecule has 1 atom stereocenters. The summed E-state index contributed by atoms with van der Waals surface area (Å²) in [5.41, 5.74) is 1.65. The van der Waals surface area contributed by atoms with Gasteiger partial charge in [0.2, 0.25) is 5.91 Å². The van der Waals surface area contributed by atoms with Gasteiger partial charge < -0.3 is 14.4 Å². The van der Waals surface area contributed by atoms with E-state index in [0.717, 1.165) is 10.5 Å². The summed E-state index contributed by atoms with van der Waals surface area (Å²) in [6.07, 6.45) is 1.21. The van der Waals surface area contributed by atoms with Gasteiger partial charge in [-0.15, -0.1) is 0 Å². The number of amides is 3. The second-order valence-electron chi connectivity index (χ2n) is 7.14. The third-order valence-corrected chi connectivity index (χ3v) is 5.47. The summed E-state index contributed by atoms with van der Waals surface area (Å²) in [6, 6.07) is 4.32. The fraction of sp³-hybridized carbons (Fsp3) is 0.526. The number of carbonyl (C=O) groups is 3. The van der Waals surface area contributed by atoms with Crippen LogP contribution in [0.5, 0.6) is 0 Å². The van der Waals surface area contributed by atoms with E-state index in [4.69, 9.17) is 9.47 Å². The van der Waals surface area contributed by atoms with E-state index in [0.29, 0.717) is 50.3 Å². The molecule has 0 bridgehead atoms. The molecule has 0 unspecified atom stereocenters. The molecule has 3 heterocycles. The molecule has 0 N–H and O–H groups in total. The summed E-state index contributed by atoms with van der Waals surface area (Å²) < 4.78 is 11.4. The maximum absolute atomic E-state index is 12.9. The van der Waals surface area contributed by atoms with Crippen LogP contribution in [0.1, 0.15) is 46.0 Å². The minimum absolute atomic E-state index is 0.218. The van der Waals surface area contributed by atoms with Crippen LogP contribution in [0.25, 0.3) is 0 Å². The van der Waals surface area contributed by atoms with Crippen molar-refractivity contribution >= 4 is 17.7 Å². The molecule has 2 fully saturated rings. The minimum atomic E-state index is -0.831. The summed E-state index contributed by atoms with van der Waals surface area (Å²) in [4.78, 5) is 41.0. The second-order valence-corrected chi connectivity index (χ2v) is 7.14. The van der Waals surface area contributed by atoms with E-state index in [2.05, 4.69) is 0 Å². The number of aryl methyl sites for hydroxylation is 1. The Bertz CT molecular complexity index is 774. The van der Waals surface area contributed by atoms with Crippen LogP contribution < -0.4 is 0 Å². The first-order chi connectivity index (χ1) is 12.4. The highest BCUT2D eigenvalue weighted by atomic mass is 16.7. The second kappa shape index (κ2) is 6.17. The van der Waals surface area contributed by atoms with Crippen molar-refractivity contribution in [3.63, 3.8) is 0 Å². The monoisotopic (exact) mass is 358 g/mol. The first-order valence-corrected chi connectivity index (χ1v) is 8.97. The predicted molar refractivity (Wildman–Crippen MR) is 91.6 cm³/mol. The number of nitrogens with zero attached hydrogens (tertiary/aromatic N) is 2. The molecule has 1 aromatic rings. The molecule has 0 aromatic heterocycles. The van der Waals surface area contributed by atoms with Gasteiger partial charge >= 0.3 is 0 Å². The van der Waals surface area contributed by atoms with Crippen LogP contribution in [0.15, 0.2) is 18.2 Å².